The van der Waals surface area contributed by atoms with Crippen LogP contribution in [0.3, 0.4) is 0 Å². The Labute approximate surface area is 182 Å². The summed E-state index contributed by atoms with van der Waals surface area (Å²) in [6.07, 6.45) is 10.7. The molecule has 1 saturated heterocycles. The fourth-order valence-corrected chi connectivity index (χ4v) is 5.07. The average molecular weight is 436 g/mol. The summed E-state index contributed by atoms with van der Waals surface area (Å²) in [5.41, 5.74) is 1.37. The van der Waals surface area contributed by atoms with Gasteiger partial charge in [0.05, 0.1) is 0 Å². The summed E-state index contributed by atoms with van der Waals surface area (Å²) in [6.45, 7) is 4.05. The van der Waals surface area contributed by atoms with Crippen LogP contribution in [0.15, 0.2) is 23.8 Å². The van der Waals surface area contributed by atoms with Crippen LogP contribution in [-0.4, -0.2) is 49.6 Å². The average Bonchev–Trinajstić information content (AvgIpc) is 3.32. The lowest BCUT2D eigenvalue weighted by Gasteiger charge is -2.37. The molecule has 1 aromatic rings. The molecule has 1 heterocycles. The van der Waals surface area contributed by atoms with E-state index in [0.29, 0.717) is 30.7 Å². The van der Waals surface area contributed by atoms with E-state index in [4.69, 9.17) is 0 Å². The molecule has 2 aliphatic carbocycles. The molecule has 7 heteroatoms. The summed E-state index contributed by atoms with van der Waals surface area (Å²) in [6, 6.07) is 2.47. The molecule has 1 aliphatic heterocycles. The molecule has 1 saturated carbocycles. The van der Waals surface area contributed by atoms with Crippen molar-refractivity contribution in [2.45, 2.75) is 57.4 Å². The molecule has 4 nitrogen and oxygen atoms in total. The zero-order valence-electron chi connectivity index (χ0n) is 18.0. The van der Waals surface area contributed by atoms with Crippen molar-refractivity contribution >= 4 is 11.6 Å². The van der Waals surface area contributed by atoms with E-state index < -0.39 is 17.5 Å². The predicted molar refractivity (Wildman–Crippen MR) is 115 cm³/mol. The quantitative estimate of drug-likeness (QED) is 0.673. The van der Waals surface area contributed by atoms with Gasteiger partial charge in [-0.25, -0.2) is 13.2 Å². The maximum Gasteiger partial charge on any atom is 0.247 e. The molecule has 1 amide bonds. The van der Waals surface area contributed by atoms with Gasteiger partial charge in [0.2, 0.25) is 5.91 Å². The predicted octanol–water partition coefficient (Wildman–Crippen LogP) is 4.40. The van der Waals surface area contributed by atoms with E-state index in [1.54, 1.807) is 0 Å². The van der Waals surface area contributed by atoms with E-state index >= 15 is 0 Å². The van der Waals surface area contributed by atoms with Crippen LogP contribution < -0.4 is 10.2 Å². The van der Waals surface area contributed by atoms with Crippen molar-refractivity contribution in [2.75, 3.05) is 37.6 Å². The molecule has 4 rings (SSSR count). The van der Waals surface area contributed by atoms with Crippen LogP contribution in [0.1, 0.15) is 51.4 Å². The Morgan fingerprint density at radius 3 is 2.29 bits per heavy atom. The zero-order valence-corrected chi connectivity index (χ0v) is 18.0. The number of nitrogens with zero attached hydrogens (tertiary/aromatic N) is 2. The highest BCUT2D eigenvalue weighted by atomic mass is 19.2. The standard InChI is InChI=1S/C24H32F3N3O/c25-21-15-20(16-22(26)23(21)27)30-13-11-29(12-14-30)10-9-17-5-7-19(8-6-17)28-24(31)18-3-1-2-4-18/h3,15-17,19H,1-2,4-14H2,(H,28,31)/t17-,19-. The number of hydrogen-bond donors (Lipinski definition) is 1. The Hall–Kier alpha value is -2.02. The van der Waals surface area contributed by atoms with Gasteiger partial charge in [-0.2, -0.15) is 0 Å². The number of carbonyl (C=O) groups excluding carboxylic acids is 1. The van der Waals surface area contributed by atoms with Gasteiger partial charge in [-0.05, 0) is 63.8 Å². The molecule has 2 fully saturated rings. The maximum absolute atomic E-state index is 13.5. The number of hydrogen-bond acceptors (Lipinski definition) is 3. The molecule has 1 N–H and O–H groups in total. The number of halogens is 3. The molecular weight excluding hydrogens is 403 g/mol. The second-order valence-electron chi connectivity index (χ2n) is 9.15. The molecule has 0 bridgehead atoms. The minimum absolute atomic E-state index is 0.139. The van der Waals surface area contributed by atoms with Crippen LogP contribution in [0.2, 0.25) is 0 Å². The summed E-state index contributed by atoms with van der Waals surface area (Å²) in [5, 5.41) is 3.22. The Kier molecular flexibility index (Phi) is 7.20. The van der Waals surface area contributed by atoms with E-state index in [9.17, 15) is 18.0 Å². The fourth-order valence-electron chi connectivity index (χ4n) is 5.07. The summed E-state index contributed by atoms with van der Waals surface area (Å²) in [4.78, 5) is 16.6. The van der Waals surface area contributed by atoms with Gasteiger partial charge in [-0.1, -0.05) is 6.08 Å². The highest BCUT2D eigenvalue weighted by molar-refractivity contribution is 5.93. The van der Waals surface area contributed by atoms with Crippen molar-refractivity contribution in [3.63, 3.8) is 0 Å². The number of amides is 1. The third-order valence-electron chi connectivity index (χ3n) is 7.07. The van der Waals surface area contributed by atoms with Gasteiger partial charge in [-0.15, -0.1) is 0 Å². The number of rotatable bonds is 6. The Bertz CT molecular complexity index is 789. The van der Waals surface area contributed by atoms with Crippen LogP contribution in [0.4, 0.5) is 18.9 Å². The van der Waals surface area contributed by atoms with Crippen LogP contribution >= 0.6 is 0 Å². The van der Waals surface area contributed by atoms with E-state index in [2.05, 4.69) is 16.3 Å². The molecule has 0 atom stereocenters. The molecule has 31 heavy (non-hydrogen) atoms. The van der Waals surface area contributed by atoms with Crippen molar-refractivity contribution in [3.8, 4) is 0 Å². The number of benzene rings is 1. The van der Waals surface area contributed by atoms with E-state index in [1.807, 2.05) is 4.90 Å². The van der Waals surface area contributed by atoms with Crippen molar-refractivity contribution in [2.24, 2.45) is 5.92 Å². The third kappa shape index (κ3) is 5.62. The van der Waals surface area contributed by atoms with Gasteiger partial charge in [-0.3, -0.25) is 9.69 Å². The molecule has 1 aromatic carbocycles. The van der Waals surface area contributed by atoms with Gasteiger partial charge >= 0.3 is 0 Å². The van der Waals surface area contributed by atoms with E-state index in [1.165, 1.54) is 0 Å². The molecule has 170 valence electrons. The summed E-state index contributed by atoms with van der Waals surface area (Å²) < 4.78 is 40.2. The minimum Gasteiger partial charge on any atom is -0.369 e. The number of piperazine rings is 1. The van der Waals surface area contributed by atoms with Gasteiger partial charge in [0, 0.05) is 55.6 Å². The van der Waals surface area contributed by atoms with Crippen LogP contribution in [0.25, 0.3) is 0 Å². The van der Waals surface area contributed by atoms with Gasteiger partial charge < -0.3 is 10.2 Å². The lowest BCUT2D eigenvalue weighted by Crippen LogP contribution is -2.47. The normalized spacial score (nSPS) is 24.9. The monoisotopic (exact) mass is 435 g/mol. The van der Waals surface area contributed by atoms with E-state index in [-0.39, 0.29) is 5.91 Å². The SMILES string of the molecule is O=C(N[C@H]1CC[C@H](CCN2CCN(c3cc(F)c(F)c(F)c3)CC2)CC1)C1=CCCC1. The van der Waals surface area contributed by atoms with Crippen LogP contribution in [0.5, 0.6) is 0 Å². The first-order chi connectivity index (χ1) is 15.0. The Balaban J connectivity index is 1.15. The topological polar surface area (TPSA) is 35.6 Å². The number of allylic oxidation sites excluding steroid dienone is 1. The first kappa shape index (κ1) is 22.2. The molecule has 0 spiro atoms. The zero-order chi connectivity index (χ0) is 21.8. The first-order valence-electron chi connectivity index (χ1n) is 11.6. The third-order valence-corrected chi connectivity index (χ3v) is 7.07. The first-order valence-corrected chi connectivity index (χ1v) is 11.6. The Morgan fingerprint density at radius 2 is 1.68 bits per heavy atom. The second-order valence-corrected chi connectivity index (χ2v) is 9.15. The van der Waals surface area contributed by atoms with Crippen molar-refractivity contribution in [1.29, 1.82) is 0 Å². The molecule has 0 radical (unpaired) electrons. The lowest BCUT2D eigenvalue weighted by atomic mass is 9.84. The molecule has 3 aliphatic rings. The molecule has 0 unspecified atom stereocenters. The second kappa shape index (κ2) is 10.1. The van der Waals surface area contributed by atoms with Gasteiger partial charge in [0.15, 0.2) is 17.5 Å². The molecular formula is C24H32F3N3O. The van der Waals surface area contributed by atoms with E-state index in [0.717, 1.165) is 88.7 Å². The number of anilines is 1. The highest BCUT2D eigenvalue weighted by Crippen LogP contribution is 2.28. The largest absolute Gasteiger partial charge is 0.369 e. The van der Waals surface area contributed by atoms with Crippen molar-refractivity contribution < 1.29 is 18.0 Å². The van der Waals surface area contributed by atoms with Crippen molar-refractivity contribution in [1.82, 2.24) is 10.2 Å². The minimum atomic E-state index is -1.41. The summed E-state index contributed by atoms with van der Waals surface area (Å²) >= 11 is 0. The smallest absolute Gasteiger partial charge is 0.247 e. The number of nitrogens with one attached hydrogen (secondary N) is 1. The lowest BCUT2D eigenvalue weighted by molar-refractivity contribution is -0.118. The molecule has 0 aromatic heterocycles. The highest BCUT2D eigenvalue weighted by Gasteiger charge is 2.25. The van der Waals surface area contributed by atoms with Gasteiger partial charge in [0.25, 0.3) is 0 Å². The summed E-state index contributed by atoms with van der Waals surface area (Å²) in [5.74, 6) is -2.85. The number of carbonyl (C=O) groups is 1. The van der Waals surface area contributed by atoms with Crippen LogP contribution in [0, 0.1) is 23.4 Å². The summed E-state index contributed by atoms with van der Waals surface area (Å²) in [7, 11) is 0. The van der Waals surface area contributed by atoms with Crippen LogP contribution in [-0.2, 0) is 4.79 Å². The maximum atomic E-state index is 13.5. The Morgan fingerprint density at radius 1 is 1.00 bits per heavy atom. The fraction of sp³-hybridized carbons (Fsp3) is 0.625. The van der Waals surface area contributed by atoms with Crippen molar-refractivity contribution in [3.05, 3.63) is 41.2 Å². The van der Waals surface area contributed by atoms with Gasteiger partial charge in [0.1, 0.15) is 0 Å².